The zero-order valence-electron chi connectivity index (χ0n) is 14.9. The van der Waals surface area contributed by atoms with Gasteiger partial charge in [0.2, 0.25) is 0 Å². The Morgan fingerprint density at radius 1 is 1.05 bits per heavy atom. The molecule has 1 aliphatic heterocycles. The number of ether oxygens (including phenoxy) is 1. The zero-order valence-corrected chi connectivity index (χ0v) is 14.9. The minimum atomic E-state index is 0.187. The van der Waals surface area contributed by atoms with Crippen molar-refractivity contribution in [2.75, 3.05) is 46.4 Å². The van der Waals surface area contributed by atoms with E-state index in [-0.39, 0.29) is 5.41 Å². The molecule has 0 amide bonds. The van der Waals surface area contributed by atoms with Crippen LogP contribution in [0.25, 0.3) is 0 Å². The molecule has 3 heteroatoms. The number of nitrogens with one attached hydrogen (secondary N) is 2. The molecule has 1 fully saturated rings. The van der Waals surface area contributed by atoms with Crippen molar-refractivity contribution in [3.05, 3.63) is 29.8 Å². The highest BCUT2D eigenvalue weighted by Gasteiger charge is 2.19. The van der Waals surface area contributed by atoms with E-state index < -0.39 is 0 Å². The Hall–Kier alpha value is -1.06. The number of rotatable bonds is 6. The van der Waals surface area contributed by atoms with E-state index in [1.807, 2.05) is 0 Å². The van der Waals surface area contributed by atoms with E-state index in [0.29, 0.717) is 0 Å². The number of piperazine rings is 1. The Balaban J connectivity index is 1.64. The number of quaternary nitrogens is 2. The highest BCUT2D eigenvalue weighted by molar-refractivity contribution is 5.32. The van der Waals surface area contributed by atoms with Gasteiger partial charge in [-0.3, -0.25) is 0 Å². The fraction of sp³-hybridized carbons (Fsp3) is 0.684. The lowest BCUT2D eigenvalue weighted by Crippen LogP contribution is -3.27. The van der Waals surface area contributed by atoms with Crippen LogP contribution in [-0.2, 0) is 5.41 Å². The van der Waals surface area contributed by atoms with E-state index >= 15 is 0 Å². The van der Waals surface area contributed by atoms with Crippen molar-refractivity contribution in [1.82, 2.24) is 0 Å². The van der Waals surface area contributed by atoms with Gasteiger partial charge in [0.15, 0.2) is 0 Å². The lowest BCUT2D eigenvalue weighted by molar-refractivity contribution is -1.00. The molecular weight excluding hydrogens is 272 g/mol. The molecule has 22 heavy (non-hydrogen) atoms. The van der Waals surface area contributed by atoms with Crippen LogP contribution in [0.1, 0.15) is 39.2 Å². The Morgan fingerprint density at radius 2 is 1.77 bits per heavy atom. The van der Waals surface area contributed by atoms with Crippen molar-refractivity contribution in [2.24, 2.45) is 0 Å². The van der Waals surface area contributed by atoms with Gasteiger partial charge in [-0.05, 0) is 36.0 Å². The quantitative estimate of drug-likeness (QED) is 0.735. The summed E-state index contributed by atoms with van der Waals surface area (Å²) < 4.78 is 5.93. The van der Waals surface area contributed by atoms with Crippen molar-refractivity contribution in [3.8, 4) is 5.75 Å². The van der Waals surface area contributed by atoms with Gasteiger partial charge in [0.25, 0.3) is 0 Å². The second kappa shape index (κ2) is 7.98. The summed E-state index contributed by atoms with van der Waals surface area (Å²) in [5.74, 6) is 1.02. The van der Waals surface area contributed by atoms with E-state index in [1.165, 1.54) is 44.7 Å². The van der Waals surface area contributed by atoms with Gasteiger partial charge in [-0.1, -0.05) is 32.9 Å². The predicted octanol–water partition coefficient (Wildman–Crippen LogP) is 0.556. The summed E-state index contributed by atoms with van der Waals surface area (Å²) in [7, 11) is 2.30. The Bertz CT molecular complexity index is 445. The van der Waals surface area contributed by atoms with Crippen LogP contribution in [0, 0.1) is 0 Å². The lowest BCUT2D eigenvalue weighted by atomic mass is 9.87. The molecule has 0 spiro atoms. The number of unbranched alkanes of at least 4 members (excludes halogenated alkanes) is 1. The highest BCUT2D eigenvalue weighted by Crippen LogP contribution is 2.25. The molecule has 0 aliphatic carbocycles. The van der Waals surface area contributed by atoms with Gasteiger partial charge in [0.1, 0.15) is 31.9 Å². The van der Waals surface area contributed by atoms with Crippen LogP contribution in [-0.4, -0.2) is 46.4 Å². The van der Waals surface area contributed by atoms with E-state index in [1.54, 1.807) is 9.80 Å². The maximum atomic E-state index is 5.93. The summed E-state index contributed by atoms with van der Waals surface area (Å²) in [6, 6.07) is 8.55. The molecule has 2 rings (SSSR count). The topological polar surface area (TPSA) is 18.1 Å². The Kier molecular flexibility index (Phi) is 6.27. The summed E-state index contributed by atoms with van der Waals surface area (Å²) in [5.41, 5.74) is 1.53. The minimum absolute atomic E-state index is 0.187. The first kappa shape index (κ1) is 17.3. The molecule has 0 unspecified atom stereocenters. The monoisotopic (exact) mass is 306 g/mol. The maximum absolute atomic E-state index is 5.93. The van der Waals surface area contributed by atoms with E-state index in [0.717, 1.165) is 18.8 Å². The van der Waals surface area contributed by atoms with Gasteiger partial charge in [-0.25, -0.2) is 0 Å². The molecule has 0 aromatic heterocycles. The average molecular weight is 306 g/mol. The molecule has 124 valence electrons. The van der Waals surface area contributed by atoms with Gasteiger partial charge in [0, 0.05) is 0 Å². The molecular formula is C19H34N2O+2. The van der Waals surface area contributed by atoms with Crippen molar-refractivity contribution >= 4 is 0 Å². The summed E-state index contributed by atoms with van der Waals surface area (Å²) in [4.78, 5) is 3.46. The molecule has 1 aliphatic rings. The Morgan fingerprint density at radius 3 is 2.45 bits per heavy atom. The number of hydrogen-bond donors (Lipinski definition) is 2. The van der Waals surface area contributed by atoms with Gasteiger partial charge >= 0.3 is 0 Å². The van der Waals surface area contributed by atoms with Gasteiger partial charge in [-0.2, -0.15) is 0 Å². The van der Waals surface area contributed by atoms with Crippen LogP contribution in [0.4, 0.5) is 0 Å². The smallest absolute Gasteiger partial charge is 0.127 e. The van der Waals surface area contributed by atoms with Crippen LogP contribution in [0.5, 0.6) is 5.75 Å². The molecule has 0 radical (unpaired) electrons. The predicted molar refractivity (Wildman–Crippen MR) is 92.1 cm³/mol. The average Bonchev–Trinajstić information content (AvgIpc) is 2.48. The van der Waals surface area contributed by atoms with Crippen LogP contribution in [0.2, 0.25) is 0 Å². The van der Waals surface area contributed by atoms with Gasteiger partial charge in [0.05, 0.1) is 20.2 Å². The molecule has 1 aromatic carbocycles. The number of benzene rings is 1. The largest absolute Gasteiger partial charge is 0.494 e. The molecule has 1 aromatic rings. The Labute approximate surface area is 136 Å². The lowest BCUT2D eigenvalue weighted by Gasteiger charge is -2.27. The highest BCUT2D eigenvalue weighted by atomic mass is 16.5. The second-order valence-corrected chi connectivity index (χ2v) is 7.79. The minimum Gasteiger partial charge on any atom is -0.494 e. The van der Waals surface area contributed by atoms with Crippen molar-refractivity contribution in [2.45, 2.75) is 39.0 Å². The maximum Gasteiger partial charge on any atom is 0.127 e. The third-order valence-electron chi connectivity index (χ3n) is 4.70. The van der Waals surface area contributed by atoms with Crippen molar-refractivity contribution in [1.29, 1.82) is 0 Å². The van der Waals surface area contributed by atoms with Gasteiger partial charge < -0.3 is 14.5 Å². The summed E-state index contributed by atoms with van der Waals surface area (Å²) in [6.07, 6.45) is 2.43. The molecule has 1 saturated heterocycles. The van der Waals surface area contributed by atoms with Crippen LogP contribution in [0.15, 0.2) is 24.3 Å². The molecule has 0 saturated carbocycles. The van der Waals surface area contributed by atoms with Crippen molar-refractivity contribution < 1.29 is 14.5 Å². The number of likely N-dealkylation sites (N-methyl/N-ethyl adjacent to an activating group) is 1. The van der Waals surface area contributed by atoms with E-state index in [4.69, 9.17) is 4.74 Å². The SMILES string of the molecule is C[NH+]1CC[NH+](CCCCOc2cccc(C(C)(C)C)c2)CC1. The van der Waals surface area contributed by atoms with Crippen LogP contribution in [0.3, 0.4) is 0 Å². The number of hydrogen-bond acceptors (Lipinski definition) is 1. The molecule has 0 atom stereocenters. The van der Waals surface area contributed by atoms with E-state index in [9.17, 15) is 0 Å². The summed E-state index contributed by atoms with van der Waals surface area (Å²) >= 11 is 0. The normalized spacial score (nSPS) is 22.5. The standard InChI is InChI=1S/C19H32N2O/c1-19(2,3)17-8-7-9-18(16-17)22-15-6-5-10-21-13-11-20(4)12-14-21/h7-9,16H,5-6,10-15H2,1-4H3/p+2. The first-order valence-corrected chi connectivity index (χ1v) is 8.83. The van der Waals surface area contributed by atoms with Crippen LogP contribution >= 0.6 is 0 Å². The summed E-state index contributed by atoms with van der Waals surface area (Å²) in [5, 5.41) is 0. The van der Waals surface area contributed by atoms with Crippen LogP contribution < -0.4 is 14.5 Å². The first-order chi connectivity index (χ1) is 10.4. The summed E-state index contributed by atoms with van der Waals surface area (Å²) in [6.45, 7) is 14.2. The molecule has 1 heterocycles. The molecule has 0 bridgehead atoms. The van der Waals surface area contributed by atoms with Gasteiger partial charge in [-0.15, -0.1) is 0 Å². The van der Waals surface area contributed by atoms with E-state index in [2.05, 4.69) is 52.1 Å². The molecule has 3 nitrogen and oxygen atoms in total. The fourth-order valence-corrected chi connectivity index (χ4v) is 3.00. The fourth-order valence-electron chi connectivity index (χ4n) is 3.00. The van der Waals surface area contributed by atoms with Crippen molar-refractivity contribution in [3.63, 3.8) is 0 Å². The second-order valence-electron chi connectivity index (χ2n) is 7.79. The third-order valence-corrected chi connectivity index (χ3v) is 4.70. The zero-order chi connectivity index (χ0) is 16.0. The molecule has 2 N–H and O–H groups in total. The first-order valence-electron chi connectivity index (χ1n) is 8.83. The third kappa shape index (κ3) is 5.62.